The van der Waals surface area contributed by atoms with Gasteiger partial charge in [0.15, 0.2) is 21.8 Å². The SMILES string of the molecule is CCNc1nc(Sc2nc(CC)ns2)c(F)cc1F. The van der Waals surface area contributed by atoms with Crippen molar-refractivity contribution in [3.05, 3.63) is 23.5 Å². The van der Waals surface area contributed by atoms with Crippen molar-refractivity contribution in [3.8, 4) is 0 Å². The molecule has 0 aliphatic rings. The molecule has 8 heteroatoms. The third-order valence-corrected chi connectivity index (χ3v) is 3.96. The van der Waals surface area contributed by atoms with E-state index in [0.29, 0.717) is 16.7 Å². The van der Waals surface area contributed by atoms with E-state index in [2.05, 4.69) is 19.7 Å². The molecule has 0 bridgehead atoms. The molecular weight excluding hydrogens is 290 g/mol. The monoisotopic (exact) mass is 302 g/mol. The van der Waals surface area contributed by atoms with Crippen molar-refractivity contribution < 1.29 is 8.78 Å². The Kier molecular flexibility index (Phi) is 4.65. The van der Waals surface area contributed by atoms with Gasteiger partial charge in [-0.15, -0.1) is 0 Å². The van der Waals surface area contributed by atoms with Gasteiger partial charge in [-0.25, -0.2) is 18.7 Å². The average Bonchev–Trinajstić information content (AvgIpc) is 2.83. The maximum Gasteiger partial charge on any atom is 0.176 e. The molecule has 0 aliphatic heterocycles. The van der Waals surface area contributed by atoms with Gasteiger partial charge in [0.1, 0.15) is 10.9 Å². The molecule has 1 N–H and O–H groups in total. The zero-order valence-electron chi connectivity index (χ0n) is 10.4. The molecule has 2 rings (SSSR count). The van der Waals surface area contributed by atoms with E-state index < -0.39 is 11.6 Å². The van der Waals surface area contributed by atoms with Crippen LogP contribution in [0, 0.1) is 11.6 Å². The van der Waals surface area contributed by atoms with E-state index in [1.54, 1.807) is 0 Å². The predicted octanol–water partition coefficient (Wildman–Crippen LogP) is 3.36. The van der Waals surface area contributed by atoms with Gasteiger partial charge in [0.2, 0.25) is 0 Å². The fraction of sp³-hybridized carbons (Fsp3) is 0.364. The summed E-state index contributed by atoms with van der Waals surface area (Å²) in [5.41, 5.74) is 0. The van der Waals surface area contributed by atoms with E-state index in [-0.39, 0.29) is 10.8 Å². The lowest BCUT2D eigenvalue weighted by Gasteiger charge is -2.06. The predicted molar refractivity (Wildman–Crippen MR) is 71.7 cm³/mol. The first-order valence-electron chi connectivity index (χ1n) is 5.74. The van der Waals surface area contributed by atoms with E-state index in [1.807, 2.05) is 13.8 Å². The van der Waals surface area contributed by atoms with Gasteiger partial charge in [0.25, 0.3) is 0 Å². The van der Waals surface area contributed by atoms with Crippen molar-refractivity contribution >= 4 is 29.1 Å². The molecule has 0 atom stereocenters. The lowest BCUT2D eigenvalue weighted by Crippen LogP contribution is -2.04. The van der Waals surface area contributed by atoms with Crippen LogP contribution in [0.5, 0.6) is 0 Å². The standard InChI is InChI=1S/C11H12F2N4S2/c1-3-8-15-11(19-17-8)18-10-7(13)5-6(12)9(16-10)14-4-2/h5H,3-4H2,1-2H3,(H,14,16). The number of pyridine rings is 1. The molecule has 2 heterocycles. The van der Waals surface area contributed by atoms with Gasteiger partial charge in [0, 0.05) is 19.0 Å². The van der Waals surface area contributed by atoms with Crippen LogP contribution < -0.4 is 5.32 Å². The number of hydrogen-bond acceptors (Lipinski definition) is 6. The first kappa shape index (κ1) is 14.1. The Balaban J connectivity index is 2.26. The topological polar surface area (TPSA) is 50.7 Å². The summed E-state index contributed by atoms with van der Waals surface area (Å²) in [6.45, 7) is 4.27. The summed E-state index contributed by atoms with van der Waals surface area (Å²) in [6, 6.07) is 0.828. The molecule has 0 spiro atoms. The second-order valence-corrected chi connectivity index (χ2v) is 5.56. The Morgan fingerprint density at radius 3 is 2.68 bits per heavy atom. The van der Waals surface area contributed by atoms with Crippen LogP contribution in [0.25, 0.3) is 0 Å². The number of anilines is 1. The number of aryl methyl sites for hydroxylation is 1. The maximum atomic E-state index is 13.7. The number of hydrogen-bond donors (Lipinski definition) is 1. The van der Waals surface area contributed by atoms with Crippen LogP contribution in [0.1, 0.15) is 19.7 Å². The molecule has 2 aromatic rings. The third kappa shape index (κ3) is 3.38. The Morgan fingerprint density at radius 1 is 1.26 bits per heavy atom. The smallest absolute Gasteiger partial charge is 0.176 e. The molecule has 0 amide bonds. The van der Waals surface area contributed by atoms with Gasteiger partial charge in [-0.2, -0.15) is 4.37 Å². The van der Waals surface area contributed by atoms with E-state index in [1.165, 1.54) is 11.5 Å². The Labute approximate surface area is 117 Å². The normalized spacial score (nSPS) is 10.7. The van der Waals surface area contributed by atoms with Crippen LogP contribution in [0.4, 0.5) is 14.6 Å². The zero-order valence-corrected chi connectivity index (χ0v) is 12.0. The summed E-state index contributed by atoms with van der Waals surface area (Å²) < 4.78 is 31.8. The van der Waals surface area contributed by atoms with Crippen LogP contribution in [0.3, 0.4) is 0 Å². The van der Waals surface area contributed by atoms with Gasteiger partial charge < -0.3 is 5.32 Å². The number of rotatable bonds is 5. The van der Waals surface area contributed by atoms with Crippen molar-refractivity contribution in [3.63, 3.8) is 0 Å². The number of halogens is 2. The van der Waals surface area contributed by atoms with Gasteiger partial charge in [-0.3, -0.25) is 0 Å². The summed E-state index contributed by atoms with van der Waals surface area (Å²) >= 11 is 2.23. The lowest BCUT2D eigenvalue weighted by molar-refractivity contribution is 0.551. The molecule has 0 saturated heterocycles. The molecule has 0 aromatic carbocycles. The molecule has 0 saturated carbocycles. The summed E-state index contributed by atoms with van der Waals surface area (Å²) in [7, 11) is 0. The summed E-state index contributed by atoms with van der Waals surface area (Å²) in [4.78, 5) is 8.15. The quantitative estimate of drug-likeness (QED) is 0.918. The van der Waals surface area contributed by atoms with Gasteiger partial charge in [-0.1, -0.05) is 6.92 Å². The lowest BCUT2D eigenvalue weighted by atomic mass is 10.4. The second-order valence-electron chi connectivity index (χ2n) is 3.57. The molecule has 4 nitrogen and oxygen atoms in total. The average molecular weight is 302 g/mol. The summed E-state index contributed by atoms with van der Waals surface area (Å²) in [5, 5.41) is 2.84. The molecule has 0 aliphatic carbocycles. The molecular formula is C11H12F2N4S2. The first-order chi connectivity index (χ1) is 9.13. The number of nitrogens with zero attached hydrogens (tertiary/aromatic N) is 3. The summed E-state index contributed by atoms with van der Waals surface area (Å²) in [6.07, 6.45) is 0.721. The third-order valence-electron chi connectivity index (χ3n) is 2.19. The number of aromatic nitrogens is 3. The highest BCUT2D eigenvalue weighted by Gasteiger charge is 2.14. The largest absolute Gasteiger partial charge is 0.368 e. The first-order valence-corrected chi connectivity index (χ1v) is 7.33. The molecule has 0 unspecified atom stereocenters. The Morgan fingerprint density at radius 2 is 2.05 bits per heavy atom. The van der Waals surface area contributed by atoms with Crippen LogP contribution in [0.2, 0.25) is 0 Å². The second kappa shape index (κ2) is 6.25. The fourth-order valence-electron chi connectivity index (χ4n) is 1.32. The Hall–Kier alpha value is -1.28. The highest BCUT2D eigenvalue weighted by atomic mass is 32.2. The van der Waals surface area contributed by atoms with Gasteiger partial charge in [0.05, 0.1) is 0 Å². The zero-order chi connectivity index (χ0) is 13.8. The highest BCUT2D eigenvalue weighted by Crippen LogP contribution is 2.31. The van der Waals surface area contributed by atoms with Crippen LogP contribution >= 0.6 is 23.3 Å². The van der Waals surface area contributed by atoms with Gasteiger partial charge in [-0.05, 0) is 30.2 Å². The van der Waals surface area contributed by atoms with Crippen molar-refractivity contribution in [2.45, 2.75) is 29.6 Å². The number of nitrogens with one attached hydrogen (secondary N) is 1. The molecule has 2 aromatic heterocycles. The minimum Gasteiger partial charge on any atom is -0.368 e. The van der Waals surface area contributed by atoms with Crippen LogP contribution in [0.15, 0.2) is 15.4 Å². The van der Waals surface area contributed by atoms with E-state index in [0.717, 1.165) is 24.2 Å². The van der Waals surface area contributed by atoms with Crippen LogP contribution in [-0.2, 0) is 6.42 Å². The molecule has 0 fully saturated rings. The van der Waals surface area contributed by atoms with E-state index in [9.17, 15) is 8.78 Å². The van der Waals surface area contributed by atoms with E-state index in [4.69, 9.17) is 0 Å². The van der Waals surface area contributed by atoms with Crippen molar-refractivity contribution in [2.24, 2.45) is 0 Å². The van der Waals surface area contributed by atoms with Crippen molar-refractivity contribution in [1.29, 1.82) is 0 Å². The summed E-state index contributed by atoms with van der Waals surface area (Å²) in [5.74, 6) is -0.638. The van der Waals surface area contributed by atoms with Crippen molar-refractivity contribution in [2.75, 3.05) is 11.9 Å². The molecule has 19 heavy (non-hydrogen) atoms. The maximum absolute atomic E-state index is 13.7. The van der Waals surface area contributed by atoms with Crippen molar-refractivity contribution in [1.82, 2.24) is 14.3 Å². The molecule has 0 radical (unpaired) electrons. The Bertz CT molecular complexity index is 574. The fourth-order valence-corrected chi connectivity index (χ4v) is 2.93. The molecule has 102 valence electrons. The highest BCUT2D eigenvalue weighted by molar-refractivity contribution is 8.00. The minimum atomic E-state index is -0.699. The van der Waals surface area contributed by atoms with Crippen LogP contribution in [-0.4, -0.2) is 20.9 Å². The van der Waals surface area contributed by atoms with E-state index >= 15 is 0 Å². The van der Waals surface area contributed by atoms with Gasteiger partial charge >= 0.3 is 0 Å². The minimum absolute atomic E-state index is 0.0478.